The molecule has 38 heavy (non-hydrogen) atoms. The lowest BCUT2D eigenvalue weighted by atomic mass is 10.1. The molecule has 224 valence electrons. The molecule has 0 heterocycles. The van der Waals surface area contributed by atoms with Crippen LogP contribution in [0.2, 0.25) is 0 Å². The van der Waals surface area contributed by atoms with Crippen LogP contribution in [0.25, 0.3) is 0 Å². The molecule has 0 aromatic carbocycles. The van der Waals surface area contributed by atoms with Crippen LogP contribution in [0.5, 0.6) is 0 Å². The van der Waals surface area contributed by atoms with Crippen molar-refractivity contribution in [1.29, 1.82) is 0 Å². The van der Waals surface area contributed by atoms with Crippen LogP contribution in [0.4, 0.5) is 0 Å². The summed E-state index contributed by atoms with van der Waals surface area (Å²) in [5, 5.41) is 0. The predicted molar refractivity (Wildman–Crippen MR) is 152 cm³/mol. The first-order valence-corrected chi connectivity index (χ1v) is 16.5. The van der Waals surface area contributed by atoms with Crippen molar-refractivity contribution >= 4 is 19.8 Å². The summed E-state index contributed by atoms with van der Waals surface area (Å²) in [5.41, 5.74) is 0. The number of hydrogen-bond acceptors (Lipinski definition) is 6. The highest BCUT2D eigenvalue weighted by Crippen LogP contribution is 2.35. The second kappa shape index (κ2) is 26.0. The molecule has 0 aromatic rings. The summed E-state index contributed by atoms with van der Waals surface area (Å²) in [7, 11) is -4.73. The van der Waals surface area contributed by atoms with Crippen molar-refractivity contribution in [3.63, 3.8) is 0 Å². The lowest BCUT2D eigenvalue weighted by molar-refractivity contribution is -0.161. The fourth-order valence-corrected chi connectivity index (χ4v) is 4.37. The molecule has 0 saturated carbocycles. The molecule has 0 rings (SSSR count). The fraction of sp³-hybridized carbons (Fsp3) is 0.862. The minimum atomic E-state index is -4.73. The fourth-order valence-electron chi connectivity index (χ4n) is 4.01. The van der Waals surface area contributed by atoms with Crippen LogP contribution in [0.3, 0.4) is 0 Å². The molecule has 0 aliphatic rings. The second-order valence-corrected chi connectivity index (χ2v) is 11.3. The van der Waals surface area contributed by atoms with E-state index >= 15 is 0 Å². The molecule has 1 unspecified atom stereocenters. The first-order valence-electron chi connectivity index (χ1n) is 15.0. The number of phosphoric ester groups is 1. The molecule has 0 bridgehead atoms. The number of carbonyl (C=O) groups is 2. The standard InChI is InChI=1S/C29H55O8P/c1-3-5-7-9-10-11-12-13-14-15-16-17-18-19-20-22-24-29(31)37-27(26-36-38(32,33)34)25-35-28(30)23-21-8-6-4-2/h14-15,27H,3-13,16-26H2,1-2H3,(H2,32,33,34)/b15-14-. The summed E-state index contributed by atoms with van der Waals surface area (Å²) in [6, 6.07) is 0. The molecule has 8 nitrogen and oxygen atoms in total. The van der Waals surface area contributed by atoms with Crippen LogP contribution in [-0.4, -0.2) is 41.0 Å². The van der Waals surface area contributed by atoms with Gasteiger partial charge in [-0.15, -0.1) is 0 Å². The summed E-state index contributed by atoms with van der Waals surface area (Å²) in [5.74, 6) is -0.914. The van der Waals surface area contributed by atoms with Crippen LogP contribution < -0.4 is 0 Å². The van der Waals surface area contributed by atoms with E-state index in [2.05, 4.69) is 30.5 Å². The number of esters is 2. The quantitative estimate of drug-likeness (QED) is 0.0448. The van der Waals surface area contributed by atoms with Crippen LogP contribution in [0.1, 0.15) is 142 Å². The van der Waals surface area contributed by atoms with Crippen LogP contribution in [0, 0.1) is 0 Å². The van der Waals surface area contributed by atoms with Gasteiger partial charge in [-0.05, 0) is 38.5 Å². The second-order valence-electron chi connectivity index (χ2n) is 10.1. The van der Waals surface area contributed by atoms with Crippen molar-refractivity contribution in [3.8, 4) is 0 Å². The van der Waals surface area contributed by atoms with Gasteiger partial charge < -0.3 is 19.3 Å². The van der Waals surface area contributed by atoms with Crippen LogP contribution in [-0.2, 0) is 28.2 Å². The number of allylic oxidation sites excluding steroid dienone is 2. The molecule has 0 aliphatic carbocycles. The highest BCUT2D eigenvalue weighted by Gasteiger charge is 2.22. The Morgan fingerprint density at radius 1 is 0.658 bits per heavy atom. The number of hydrogen-bond donors (Lipinski definition) is 2. The SMILES string of the molecule is CCCCCCCCC/C=C\CCCCCCCC(=O)OC(COC(=O)CCCCCC)COP(=O)(O)O. The molecule has 0 amide bonds. The van der Waals surface area contributed by atoms with Crippen molar-refractivity contribution in [1.82, 2.24) is 0 Å². The largest absolute Gasteiger partial charge is 0.469 e. The summed E-state index contributed by atoms with van der Waals surface area (Å²) in [4.78, 5) is 41.9. The number of carbonyl (C=O) groups excluding carboxylic acids is 2. The van der Waals surface area contributed by atoms with Gasteiger partial charge in [-0.25, -0.2) is 4.57 Å². The molecule has 9 heteroatoms. The molecule has 0 aliphatic heterocycles. The number of unbranched alkanes of at least 4 members (excludes halogenated alkanes) is 15. The van der Waals surface area contributed by atoms with E-state index in [0.717, 1.165) is 51.4 Å². The molecule has 0 fully saturated rings. The van der Waals surface area contributed by atoms with E-state index in [9.17, 15) is 14.2 Å². The molecule has 0 aromatic heterocycles. The minimum absolute atomic E-state index is 0.204. The van der Waals surface area contributed by atoms with E-state index < -0.39 is 32.5 Å². The summed E-state index contributed by atoms with van der Waals surface area (Å²) in [6.45, 7) is 3.50. The monoisotopic (exact) mass is 562 g/mol. The van der Waals surface area contributed by atoms with Gasteiger partial charge in [-0.3, -0.25) is 14.1 Å². The Balaban J connectivity index is 3.94. The first-order chi connectivity index (χ1) is 18.3. The van der Waals surface area contributed by atoms with Crippen molar-refractivity contribution in [2.45, 2.75) is 148 Å². The van der Waals surface area contributed by atoms with Gasteiger partial charge in [-0.2, -0.15) is 0 Å². The van der Waals surface area contributed by atoms with E-state index in [4.69, 9.17) is 19.3 Å². The van der Waals surface area contributed by atoms with Gasteiger partial charge in [0.1, 0.15) is 6.61 Å². The van der Waals surface area contributed by atoms with Gasteiger partial charge in [0, 0.05) is 12.8 Å². The Bertz CT molecular complexity index is 646. The Morgan fingerprint density at radius 3 is 1.63 bits per heavy atom. The summed E-state index contributed by atoms with van der Waals surface area (Å²) < 4.78 is 25.9. The van der Waals surface area contributed by atoms with Gasteiger partial charge in [0.25, 0.3) is 0 Å². The van der Waals surface area contributed by atoms with Gasteiger partial charge in [0.05, 0.1) is 6.61 Å². The Labute approximate surface area is 231 Å². The van der Waals surface area contributed by atoms with Crippen molar-refractivity contribution < 1.29 is 37.9 Å². The number of ether oxygens (including phenoxy) is 2. The van der Waals surface area contributed by atoms with E-state index in [-0.39, 0.29) is 19.4 Å². The van der Waals surface area contributed by atoms with E-state index in [0.29, 0.717) is 12.8 Å². The third-order valence-electron chi connectivity index (χ3n) is 6.28. The van der Waals surface area contributed by atoms with Crippen molar-refractivity contribution in [2.24, 2.45) is 0 Å². The van der Waals surface area contributed by atoms with Crippen LogP contribution in [0.15, 0.2) is 12.2 Å². The van der Waals surface area contributed by atoms with Gasteiger partial charge in [0.2, 0.25) is 0 Å². The molecular weight excluding hydrogens is 507 g/mol. The third-order valence-corrected chi connectivity index (χ3v) is 6.77. The van der Waals surface area contributed by atoms with E-state index in [1.54, 1.807) is 0 Å². The maximum atomic E-state index is 12.2. The lowest BCUT2D eigenvalue weighted by Crippen LogP contribution is -2.29. The predicted octanol–water partition coefficient (Wildman–Crippen LogP) is 7.95. The molecule has 0 spiro atoms. The topological polar surface area (TPSA) is 119 Å². The molecule has 0 radical (unpaired) electrons. The van der Waals surface area contributed by atoms with Crippen molar-refractivity contribution in [2.75, 3.05) is 13.2 Å². The normalized spacial score (nSPS) is 12.6. The minimum Gasteiger partial charge on any atom is -0.462 e. The highest BCUT2D eigenvalue weighted by molar-refractivity contribution is 7.46. The first kappa shape index (κ1) is 36.8. The molecule has 0 saturated heterocycles. The van der Waals surface area contributed by atoms with Crippen molar-refractivity contribution in [3.05, 3.63) is 12.2 Å². The average Bonchev–Trinajstić information content (AvgIpc) is 2.87. The zero-order valence-corrected chi connectivity index (χ0v) is 25.0. The van der Waals surface area contributed by atoms with E-state index in [1.165, 1.54) is 51.4 Å². The molecule has 2 N–H and O–H groups in total. The summed E-state index contributed by atoms with van der Waals surface area (Å²) >= 11 is 0. The number of phosphoric acid groups is 1. The zero-order valence-electron chi connectivity index (χ0n) is 24.1. The lowest BCUT2D eigenvalue weighted by Gasteiger charge is -2.18. The van der Waals surface area contributed by atoms with Crippen LogP contribution >= 0.6 is 7.82 Å². The van der Waals surface area contributed by atoms with Gasteiger partial charge in [-0.1, -0.05) is 103 Å². The maximum Gasteiger partial charge on any atom is 0.469 e. The van der Waals surface area contributed by atoms with Gasteiger partial charge >= 0.3 is 19.8 Å². The summed E-state index contributed by atoms with van der Waals surface area (Å²) in [6.07, 6.45) is 24.3. The highest BCUT2D eigenvalue weighted by atomic mass is 31.2. The Morgan fingerprint density at radius 2 is 1.11 bits per heavy atom. The number of rotatable bonds is 27. The van der Waals surface area contributed by atoms with Gasteiger partial charge in [0.15, 0.2) is 6.10 Å². The zero-order chi connectivity index (χ0) is 28.3. The Kier molecular flexibility index (Phi) is 25.2. The smallest absolute Gasteiger partial charge is 0.462 e. The van der Waals surface area contributed by atoms with E-state index in [1.807, 2.05) is 0 Å². The molecular formula is C29H55O8P. The molecule has 1 atom stereocenters. The maximum absolute atomic E-state index is 12.2. The average molecular weight is 563 g/mol. The third kappa shape index (κ3) is 27.8. The Hall–Kier alpha value is -1.21.